The quantitative estimate of drug-likeness (QED) is 0.841. The molecule has 0 aromatic carbocycles. The first-order valence-corrected chi connectivity index (χ1v) is 8.18. The molecular weight excluding hydrogens is 264 g/mol. The van der Waals surface area contributed by atoms with E-state index in [1.165, 1.54) is 31.5 Å². The van der Waals surface area contributed by atoms with E-state index in [4.69, 9.17) is 0 Å². The molecule has 0 bridgehead atoms. The van der Waals surface area contributed by atoms with Gasteiger partial charge >= 0.3 is 0 Å². The fourth-order valence-electron chi connectivity index (χ4n) is 3.57. The summed E-state index contributed by atoms with van der Waals surface area (Å²) in [5.74, 6) is 2.14. The average Bonchev–Trinajstić information content (AvgIpc) is 2.95. The third-order valence-electron chi connectivity index (χ3n) is 4.72. The molecule has 1 atom stereocenters. The van der Waals surface area contributed by atoms with E-state index in [2.05, 4.69) is 27.7 Å². The van der Waals surface area contributed by atoms with Gasteiger partial charge in [-0.2, -0.15) is 0 Å². The Labute approximate surface area is 126 Å². The second-order valence-corrected chi connectivity index (χ2v) is 6.54. The summed E-state index contributed by atoms with van der Waals surface area (Å²) in [6.45, 7) is 4.51. The molecule has 1 amide bonds. The first-order valence-electron chi connectivity index (χ1n) is 8.18. The molecule has 0 N–H and O–H groups in total. The van der Waals surface area contributed by atoms with Crippen LogP contribution in [0.3, 0.4) is 0 Å². The zero-order valence-electron chi connectivity index (χ0n) is 13.0. The molecule has 2 aliphatic rings. The van der Waals surface area contributed by atoms with Crippen LogP contribution >= 0.6 is 0 Å². The van der Waals surface area contributed by atoms with Crippen molar-refractivity contribution in [3.8, 4) is 0 Å². The van der Waals surface area contributed by atoms with Gasteiger partial charge in [0, 0.05) is 45.0 Å². The zero-order chi connectivity index (χ0) is 14.7. The largest absolute Gasteiger partial charge is 0.342 e. The first-order chi connectivity index (χ1) is 10.2. The fraction of sp³-hybridized carbons (Fsp3) is 0.750. The van der Waals surface area contributed by atoms with Crippen LogP contribution < -0.4 is 0 Å². The summed E-state index contributed by atoms with van der Waals surface area (Å²) < 4.78 is 2.26. The Morgan fingerprint density at radius 2 is 2.19 bits per heavy atom. The van der Waals surface area contributed by atoms with Crippen LogP contribution in [0.1, 0.15) is 31.5 Å². The van der Waals surface area contributed by atoms with E-state index in [1.54, 1.807) is 0 Å². The molecule has 5 nitrogen and oxygen atoms in total. The van der Waals surface area contributed by atoms with Crippen molar-refractivity contribution in [1.29, 1.82) is 0 Å². The highest BCUT2D eigenvalue weighted by Crippen LogP contribution is 2.19. The number of carbonyl (C=O) groups excluding carboxylic acids is 1. The lowest BCUT2D eigenvalue weighted by Gasteiger charge is -2.31. The summed E-state index contributed by atoms with van der Waals surface area (Å²) in [6.07, 6.45) is 9.81. The van der Waals surface area contributed by atoms with Gasteiger partial charge in [0.15, 0.2) is 0 Å². The van der Waals surface area contributed by atoms with Crippen LogP contribution in [0.25, 0.3) is 0 Å². The Kier molecular flexibility index (Phi) is 4.58. The maximum Gasteiger partial charge on any atom is 0.236 e. The van der Waals surface area contributed by atoms with Crippen LogP contribution in [0.4, 0.5) is 0 Å². The highest BCUT2D eigenvalue weighted by atomic mass is 16.2. The van der Waals surface area contributed by atoms with Crippen molar-refractivity contribution < 1.29 is 4.79 Å². The van der Waals surface area contributed by atoms with E-state index in [1.807, 2.05) is 11.1 Å². The highest BCUT2D eigenvalue weighted by Gasteiger charge is 2.22. The van der Waals surface area contributed by atoms with E-state index in [0.717, 1.165) is 32.6 Å². The fourth-order valence-corrected chi connectivity index (χ4v) is 3.57. The minimum Gasteiger partial charge on any atom is -0.342 e. The summed E-state index contributed by atoms with van der Waals surface area (Å²) in [4.78, 5) is 20.9. The molecule has 3 heterocycles. The first kappa shape index (κ1) is 14.6. The molecule has 0 spiro atoms. The van der Waals surface area contributed by atoms with Gasteiger partial charge in [0.1, 0.15) is 5.82 Å². The number of piperidine rings is 1. The molecule has 1 aromatic heterocycles. The number of fused-ring (bicyclic) bond motifs is 1. The Hall–Kier alpha value is -1.36. The Bertz CT molecular complexity index is 478. The van der Waals surface area contributed by atoms with E-state index < -0.39 is 0 Å². The van der Waals surface area contributed by atoms with Gasteiger partial charge in [0.05, 0.1) is 6.54 Å². The molecule has 0 radical (unpaired) electrons. The lowest BCUT2D eigenvalue weighted by Crippen LogP contribution is -2.43. The number of likely N-dealkylation sites (N-methyl/N-ethyl adjacent to an activating group) is 1. The number of aryl methyl sites for hydroxylation is 1. The summed E-state index contributed by atoms with van der Waals surface area (Å²) in [5, 5.41) is 0. The van der Waals surface area contributed by atoms with E-state index in [0.29, 0.717) is 18.4 Å². The van der Waals surface area contributed by atoms with E-state index in [9.17, 15) is 4.79 Å². The number of hydrogen-bond donors (Lipinski definition) is 0. The SMILES string of the molecule is CN(CC(=O)N1CCCCC1)CC1CCc2nccn2C1. The molecule has 1 fully saturated rings. The van der Waals surface area contributed by atoms with Crippen LogP contribution in [0.5, 0.6) is 0 Å². The van der Waals surface area contributed by atoms with Gasteiger partial charge in [-0.05, 0) is 38.6 Å². The predicted molar refractivity (Wildman–Crippen MR) is 82.0 cm³/mol. The minimum absolute atomic E-state index is 0.302. The molecule has 0 aliphatic carbocycles. The number of likely N-dealkylation sites (tertiary alicyclic amines) is 1. The van der Waals surface area contributed by atoms with E-state index >= 15 is 0 Å². The predicted octanol–water partition coefficient (Wildman–Crippen LogP) is 1.39. The molecule has 21 heavy (non-hydrogen) atoms. The van der Waals surface area contributed by atoms with Gasteiger partial charge in [0.25, 0.3) is 0 Å². The second kappa shape index (κ2) is 6.60. The lowest BCUT2D eigenvalue weighted by atomic mass is 9.99. The third-order valence-corrected chi connectivity index (χ3v) is 4.72. The standard InChI is InChI=1S/C16H26N4O/c1-18(13-16(21)19-8-3-2-4-9-19)11-14-5-6-15-17-7-10-20(15)12-14/h7,10,14H,2-6,8-9,11-13H2,1H3. The van der Waals surface area contributed by atoms with Gasteiger partial charge in [0.2, 0.25) is 5.91 Å². The Morgan fingerprint density at radius 3 is 3.00 bits per heavy atom. The van der Waals surface area contributed by atoms with Crippen LogP contribution in [0, 0.1) is 5.92 Å². The van der Waals surface area contributed by atoms with Crippen molar-refractivity contribution in [3.63, 3.8) is 0 Å². The average molecular weight is 290 g/mol. The monoisotopic (exact) mass is 290 g/mol. The molecule has 0 saturated carbocycles. The van der Waals surface area contributed by atoms with Gasteiger partial charge in [-0.3, -0.25) is 9.69 Å². The van der Waals surface area contributed by atoms with Crippen molar-refractivity contribution >= 4 is 5.91 Å². The molecule has 5 heteroatoms. The van der Waals surface area contributed by atoms with Gasteiger partial charge in [-0.1, -0.05) is 0 Å². The number of amides is 1. The number of hydrogen-bond acceptors (Lipinski definition) is 3. The lowest BCUT2D eigenvalue weighted by molar-refractivity contribution is -0.133. The molecule has 1 unspecified atom stereocenters. The number of carbonyl (C=O) groups is 1. The Morgan fingerprint density at radius 1 is 1.38 bits per heavy atom. The normalized spacial score (nSPS) is 22.4. The van der Waals surface area contributed by atoms with Gasteiger partial charge in [-0.25, -0.2) is 4.98 Å². The number of imidazole rings is 1. The Balaban J connectivity index is 1.46. The van der Waals surface area contributed by atoms with Crippen LogP contribution in [0.2, 0.25) is 0 Å². The van der Waals surface area contributed by atoms with Crippen LogP contribution in [0.15, 0.2) is 12.4 Å². The minimum atomic E-state index is 0.302. The van der Waals surface area contributed by atoms with Crippen LogP contribution in [-0.2, 0) is 17.8 Å². The smallest absolute Gasteiger partial charge is 0.236 e. The molecule has 1 saturated heterocycles. The molecule has 116 valence electrons. The summed E-state index contributed by atoms with van der Waals surface area (Å²) in [5.41, 5.74) is 0. The van der Waals surface area contributed by atoms with Crippen molar-refractivity contribution in [2.45, 2.75) is 38.6 Å². The summed E-state index contributed by atoms with van der Waals surface area (Å²) >= 11 is 0. The molecule has 2 aliphatic heterocycles. The molecule has 1 aromatic rings. The molecular formula is C16H26N4O. The van der Waals surface area contributed by atoms with Crippen molar-refractivity contribution in [2.75, 3.05) is 33.2 Å². The van der Waals surface area contributed by atoms with Crippen molar-refractivity contribution in [3.05, 3.63) is 18.2 Å². The maximum atomic E-state index is 12.3. The van der Waals surface area contributed by atoms with Gasteiger partial charge in [-0.15, -0.1) is 0 Å². The molecule has 3 rings (SSSR count). The summed E-state index contributed by atoms with van der Waals surface area (Å²) in [6, 6.07) is 0. The topological polar surface area (TPSA) is 41.4 Å². The maximum absolute atomic E-state index is 12.3. The van der Waals surface area contributed by atoms with Gasteiger partial charge < -0.3 is 9.47 Å². The van der Waals surface area contributed by atoms with Crippen molar-refractivity contribution in [2.24, 2.45) is 5.92 Å². The van der Waals surface area contributed by atoms with Crippen molar-refractivity contribution in [1.82, 2.24) is 19.4 Å². The highest BCUT2D eigenvalue weighted by molar-refractivity contribution is 5.78. The zero-order valence-corrected chi connectivity index (χ0v) is 13.0. The summed E-state index contributed by atoms with van der Waals surface area (Å²) in [7, 11) is 2.07. The number of nitrogens with zero attached hydrogens (tertiary/aromatic N) is 4. The third kappa shape index (κ3) is 3.64. The van der Waals surface area contributed by atoms with Crippen LogP contribution in [-0.4, -0.2) is 58.5 Å². The number of rotatable bonds is 4. The number of aromatic nitrogens is 2. The van der Waals surface area contributed by atoms with E-state index in [-0.39, 0.29) is 0 Å². The second-order valence-electron chi connectivity index (χ2n) is 6.54.